The third kappa shape index (κ3) is 1.83. The Labute approximate surface area is 147 Å². The Hall–Kier alpha value is -1.85. The van der Waals surface area contributed by atoms with Gasteiger partial charge >= 0.3 is 5.97 Å². The first-order chi connectivity index (χ1) is 12.2. The number of aliphatic hydroxyl groups is 1. The quantitative estimate of drug-likeness (QED) is 0.632. The number of carbonyl (C=O) groups excluding carboxylic acids is 1. The molecule has 5 heteroatoms. The van der Waals surface area contributed by atoms with Gasteiger partial charge in [-0.05, 0) is 36.9 Å². The Kier molecular flexibility index (Phi) is 3.28. The number of piperidine rings is 1. The van der Waals surface area contributed by atoms with E-state index in [0.29, 0.717) is 6.04 Å². The third-order valence-corrected chi connectivity index (χ3v) is 7.10. The first-order valence-corrected chi connectivity index (χ1v) is 9.18. The number of fused-ring (bicyclic) bond motifs is 2. The van der Waals surface area contributed by atoms with Gasteiger partial charge in [-0.15, -0.1) is 0 Å². The number of hydrogen-bond acceptors (Lipinski definition) is 5. The number of rotatable bonds is 2. The highest BCUT2D eigenvalue weighted by molar-refractivity contribution is 5.78. The van der Waals surface area contributed by atoms with Gasteiger partial charge in [-0.1, -0.05) is 29.8 Å². The Morgan fingerprint density at radius 1 is 1.48 bits per heavy atom. The molecule has 1 aromatic rings. The lowest BCUT2D eigenvalue weighted by molar-refractivity contribution is -0.151. The summed E-state index contributed by atoms with van der Waals surface area (Å²) in [5.74, 6) is -0.178. The maximum absolute atomic E-state index is 12.8. The topological polar surface area (TPSA) is 61.8 Å². The summed E-state index contributed by atoms with van der Waals surface area (Å²) in [5, 5.41) is 13.2. The molecule has 3 aliphatic heterocycles. The van der Waals surface area contributed by atoms with Gasteiger partial charge in [0.1, 0.15) is 0 Å². The van der Waals surface area contributed by atoms with Crippen molar-refractivity contribution in [2.75, 3.05) is 32.1 Å². The largest absolute Gasteiger partial charge is 0.469 e. The second-order valence-corrected chi connectivity index (χ2v) is 7.80. The SMILES string of the molecule is COC(=O)[C@@H]1[C@H]2C[C@@H]3N(CC[C@@]34c3ccccc3N[C@@H]14)C/C2=C/CO. The summed E-state index contributed by atoms with van der Waals surface area (Å²) in [4.78, 5) is 15.4. The summed E-state index contributed by atoms with van der Waals surface area (Å²) in [6.45, 7) is 1.93. The van der Waals surface area contributed by atoms with Crippen LogP contribution in [0, 0.1) is 11.8 Å². The molecule has 5 rings (SSSR count). The summed E-state index contributed by atoms with van der Waals surface area (Å²) in [6.07, 6.45) is 3.95. The van der Waals surface area contributed by atoms with Crippen LogP contribution < -0.4 is 5.32 Å². The lowest BCUT2D eigenvalue weighted by Crippen LogP contribution is -2.63. The van der Waals surface area contributed by atoms with Crippen molar-refractivity contribution < 1.29 is 14.6 Å². The number of nitrogens with zero attached hydrogens (tertiary/aromatic N) is 1. The summed E-state index contributed by atoms with van der Waals surface area (Å²) in [6, 6.07) is 9.05. The molecule has 1 saturated carbocycles. The minimum absolute atomic E-state index is 0.00328. The van der Waals surface area contributed by atoms with Gasteiger partial charge in [0.2, 0.25) is 0 Å². The molecule has 132 valence electrons. The summed E-state index contributed by atoms with van der Waals surface area (Å²) < 4.78 is 5.24. The van der Waals surface area contributed by atoms with Crippen LogP contribution in [0.4, 0.5) is 5.69 Å². The Morgan fingerprint density at radius 2 is 2.32 bits per heavy atom. The lowest BCUT2D eigenvalue weighted by Gasteiger charge is -2.54. The van der Waals surface area contributed by atoms with Crippen molar-refractivity contribution in [1.29, 1.82) is 0 Å². The van der Waals surface area contributed by atoms with Gasteiger partial charge in [-0.3, -0.25) is 9.69 Å². The van der Waals surface area contributed by atoms with Gasteiger partial charge in [0.05, 0.1) is 25.7 Å². The molecule has 0 amide bonds. The van der Waals surface area contributed by atoms with E-state index in [4.69, 9.17) is 4.74 Å². The van der Waals surface area contributed by atoms with Gasteiger partial charge in [-0.2, -0.15) is 0 Å². The van der Waals surface area contributed by atoms with Crippen molar-refractivity contribution in [2.24, 2.45) is 11.8 Å². The zero-order valence-corrected chi connectivity index (χ0v) is 14.4. The summed E-state index contributed by atoms with van der Waals surface area (Å²) in [5.41, 5.74) is 3.73. The molecule has 0 radical (unpaired) electrons. The second-order valence-electron chi connectivity index (χ2n) is 7.80. The van der Waals surface area contributed by atoms with E-state index in [2.05, 4.69) is 34.5 Å². The third-order valence-electron chi connectivity index (χ3n) is 7.10. The van der Waals surface area contributed by atoms with Crippen molar-refractivity contribution in [3.63, 3.8) is 0 Å². The molecule has 5 nitrogen and oxygen atoms in total. The fraction of sp³-hybridized carbons (Fsp3) is 0.550. The first-order valence-electron chi connectivity index (χ1n) is 9.18. The first kappa shape index (κ1) is 15.4. The molecule has 3 fully saturated rings. The van der Waals surface area contributed by atoms with E-state index in [9.17, 15) is 9.90 Å². The van der Waals surface area contributed by atoms with Gasteiger partial charge in [-0.25, -0.2) is 0 Å². The molecule has 5 atom stereocenters. The highest BCUT2D eigenvalue weighted by Crippen LogP contribution is 2.61. The molecule has 0 aromatic heterocycles. The molecule has 3 heterocycles. The van der Waals surface area contributed by atoms with Crippen LogP contribution in [-0.4, -0.2) is 54.9 Å². The van der Waals surface area contributed by atoms with Gasteiger partial charge in [0.25, 0.3) is 0 Å². The van der Waals surface area contributed by atoms with Crippen LogP contribution in [0.5, 0.6) is 0 Å². The predicted molar refractivity (Wildman–Crippen MR) is 94.3 cm³/mol. The predicted octanol–water partition coefficient (Wildman–Crippen LogP) is 1.53. The van der Waals surface area contributed by atoms with Gasteiger partial charge in [0.15, 0.2) is 0 Å². The number of para-hydroxylation sites is 1. The highest BCUT2D eigenvalue weighted by atomic mass is 16.5. The number of carbonyl (C=O) groups is 1. The van der Waals surface area contributed by atoms with Crippen molar-refractivity contribution in [1.82, 2.24) is 4.90 Å². The Bertz CT molecular complexity index is 761. The molecule has 2 bridgehead atoms. The molecule has 0 unspecified atom stereocenters. The minimum Gasteiger partial charge on any atom is -0.469 e. The Balaban J connectivity index is 1.69. The average molecular weight is 340 g/mol. The molecular weight excluding hydrogens is 316 g/mol. The number of nitrogens with one attached hydrogen (secondary N) is 1. The maximum Gasteiger partial charge on any atom is 0.311 e. The Morgan fingerprint density at radius 3 is 3.12 bits per heavy atom. The summed E-state index contributed by atoms with van der Waals surface area (Å²) in [7, 11) is 1.49. The second kappa shape index (κ2) is 5.32. The van der Waals surface area contributed by atoms with Crippen LogP contribution in [0.15, 0.2) is 35.9 Å². The standard InChI is InChI=1S/C20H24N2O3/c1-25-19(24)17-13-10-16-20(7-8-22(16)11-12(13)6-9-23)14-4-2-3-5-15(14)21-18(17)20/h2-6,13,16-18,21,23H,7-11H2,1H3/b12-6-/t13-,16-,17+,18-,20+/m0/s1. The maximum atomic E-state index is 12.8. The van der Waals surface area contributed by atoms with Gasteiger partial charge in [0, 0.05) is 23.7 Å². The van der Waals surface area contributed by atoms with E-state index >= 15 is 0 Å². The molecule has 2 saturated heterocycles. The van der Waals surface area contributed by atoms with Crippen LogP contribution in [0.3, 0.4) is 0 Å². The fourth-order valence-corrected chi connectivity index (χ4v) is 6.21. The molecule has 4 aliphatic rings. The van der Waals surface area contributed by atoms with E-state index < -0.39 is 0 Å². The number of anilines is 1. The minimum atomic E-state index is -0.202. The number of methoxy groups -OCH3 is 1. The number of ether oxygens (including phenoxy) is 1. The smallest absolute Gasteiger partial charge is 0.311 e. The number of aliphatic hydroxyl groups excluding tert-OH is 1. The number of esters is 1. The van der Waals surface area contributed by atoms with Crippen LogP contribution in [0.1, 0.15) is 18.4 Å². The van der Waals surface area contributed by atoms with Crippen LogP contribution in [0.25, 0.3) is 0 Å². The fourth-order valence-electron chi connectivity index (χ4n) is 6.21. The van der Waals surface area contributed by atoms with Crippen LogP contribution >= 0.6 is 0 Å². The number of hydrogen-bond donors (Lipinski definition) is 2. The molecule has 1 aliphatic carbocycles. The van der Waals surface area contributed by atoms with E-state index in [1.54, 1.807) is 0 Å². The zero-order chi connectivity index (χ0) is 17.2. The highest BCUT2D eigenvalue weighted by Gasteiger charge is 2.66. The van der Waals surface area contributed by atoms with Crippen molar-refractivity contribution >= 4 is 11.7 Å². The van der Waals surface area contributed by atoms with Crippen molar-refractivity contribution in [3.8, 4) is 0 Å². The van der Waals surface area contributed by atoms with Crippen LogP contribution in [-0.2, 0) is 14.9 Å². The molecule has 25 heavy (non-hydrogen) atoms. The van der Waals surface area contributed by atoms with Crippen LogP contribution in [0.2, 0.25) is 0 Å². The monoisotopic (exact) mass is 340 g/mol. The van der Waals surface area contributed by atoms with E-state index in [1.165, 1.54) is 23.9 Å². The number of benzene rings is 1. The normalized spacial score (nSPS) is 39.7. The zero-order valence-electron chi connectivity index (χ0n) is 14.4. The molecule has 2 N–H and O–H groups in total. The average Bonchev–Trinajstić information content (AvgIpc) is 3.18. The molecule has 1 spiro atoms. The van der Waals surface area contributed by atoms with Crippen molar-refractivity contribution in [2.45, 2.75) is 30.3 Å². The van der Waals surface area contributed by atoms with Crippen molar-refractivity contribution in [3.05, 3.63) is 41.5 Å². The molecular formula is C20H24N2O3. The van der Waals surface area contributed by atoms with Gasteiger partial charge < -0.3 is 15.2 Å². The summed E-state index contributed by atoms with van der Waals surface area (Å²) >= 11 is 0. The van der Waals surface area contributed by atoms with E-state index in [1.807, 2.05) is 6.08 Å². The van der Waals surface area contributed by atoms with E-state index in [-0.39, 0.29) is 35.9 Å². The molecule has 1 aromatic carbocycles. The van der Waals surface area contributed by atoms with E-state index in [0.717, 1.165) is 25.9 Å². The lowest BCUT2D eigenvalue weighted by atomic mass is 9.55.